The molecule has 0 spiro atoms. The van der Waals surface area contributed by atoms with Crippen LogP contribution in [0.3, 0.4) is 0 Å². The molecule has 4 heterocycles. The maximum atomic E-state index is 11.9. The summed E-state index contributed by atoms with van der Waals surface area (Å²) in [5.41, 5.74) is 9.44. The SMILES string of the molecule is CCc1nc2c(C)cc(C(=O)O)nc2n1Cc1ccc(-c2c(-c3nnnn3C(c3ccccc3)(c3ccccc3)c3ccccc3)cc(C)n2CC)cc1. The fourth-order valence-electron chi connectivity index (χ4n) is 7.84. The molecule has 8 rings (SSSR count). The van der Waals surface area contributed by atoms with E-state index in [-0.39, 0.29) is 5.69 Å². The standard InChI is InChI=1S/C44H40N8O2/c1-5-38-46-39-29(3)26-37(43(53)54)45-42(39)51(38)28-31-22-24-32(25-23-31)40-36(27-30(4)50(40)6-2)41-47-48-49-52(41)44(33-16-10-7-11-17-33,34-18-12-8-13-19-34)35-20-14-9-15-21-35/h7-27H,5-6,28H2,1-4H3,(H,53,54). The van der Waals surface area contributed by atoms with E-state index >= 15 is 0 Å². The van der Waals surface area contributed by atoms with Crippen LogP contribution < -0.4 is 0 Å². The zero-order valence-corrected chi connectivity index (χ0v) is 30.7. The van der Waals surface area contributed by atoms with Crippen LogP contribution in [0, 0.1) is 13.8 Å². The topological polar surface area (TPSA) is 117 Å². The fourth-order valence-corrected chi connectivity index (χ4v) is 7.84. The second-order valence-corrected chi connectivity index (χ2v) is 13.5. The molecule has 4 aromatic carbocycles. The summed E-state index contributed by atoms with van der Waals surface area (Å²) in [7, 11) is 0. The van der Waals surface area contributed by atoms with Gasteiger partial charge in [-0.3, -0.25) is 0 Å². The second-order valence-electron chi connectivity index (χ2n) is 13.5. The van der Waals surface area contributed by atoms with Crippen molar-refractivity contribution in [3.63, 3.8) is 0 Å². The zero-order valence-electron chi connectivity index (χ0n) is 30.7. The summed E-state index contributed by atoms with van der Waals surface area (Å²) in [6.07, 6.45) is 0.689. The molecule has 0 fully saturated rings. The Bertz CT molecular complexity index is 2490. The predicted molar refractivity (Wildman–Crippen MR) is 209 cm³/mol. The Morgan fingerprint density at radius 1 is 0.741 bits per heavy atom. The average Bonchev–Trinajstić information content (AvgIpc) is 3.92. The molecule has 0 atom stereocenters. The number of fused-ring (bicyclic) bond motifs is 1. The Morgan fingerprint density at radius 2 is 1.33 bits per heavy atom. The molecule has 0 bridgehead atoms. The first-order valence-electron chi connectivity index (χ1n) is 18.2. The van der Waals surface area contributed by atoms with Gasteiger partial charge >= 0.3 is 5.97 Å². The van der Waals surface area contributed by atoms with E-state index in [2.05, 4.69) is 132 Å². The molecule has 8 aromatic rings. The van der Waals surface area contributed by atoms with Crippen LogP contribution in [-0.2, 0) is 25.0 Å². The van der Waals surface area contributed by atoms with Crippen LogP contribution in [0.4, 0.5) is 0 Å². The van der Waals surface area contributed by atoms with Crippen molar-refractivity contribution >= 4 is 17.1 Å². The molecule has 1 N–H and O–H groups in total. The fraction of sp³-hybridized carbons (Fsp3) is 0.182. The monoisotopic (exact) mass is 712 g/mol. The van der Waals surface area contributed by atoms with E-state index in [1.165, 1.54) is 0 Å². The molecule has 0 saturated heterocycles. The van der Waals surface area contributed by atoms with Gasteiger partial charge in [0.25, 0.3) is 0 Å². The van der Waals surface area contributed by atoms with Gasteiger partial charge in [-0.25, -0.2) is 19.4 Å². The van der Waals surface area contributed by atoms with Crippen molar-refractivity contribution in [2.24, 2.45) is 0 Å². The van der Waals surface area contributed by atoms with Gasteiger partial charge in [0.15, 0.2) is 17.2 Å². The van der Waals surface area contributed by atoms with E-state index in [9.17, 15) is 9.90 Å². The van der Waals surface area contributed by atoms with Crippen LogP contribution >= 0.6 is 0 Å². The zero-order chi connectivity index (χ0) is 37.4. The van der Waals surface area contributed by atoms with Gasteiger partial charge < -0.3 is 14.2 Å². The van der Waals surface area contributed by atoms with Crippen LogP contribution in [0.25, 0.3) is 33.8 Å². The lowest BCUT2D eigenvalue weighted by Crippen LogP contribution is -2.39. The first-order valence-corrected chi connectivity index (χ1v) is 18.2. The number of nitrogens with zero attached hydrogens (tertiary/aromatic N) is 8. The largest absolute Gasteiger partial charge is 0.477 e. The molecule has 10 heteroatoms. The lowest BCUT2D eigenvalue weighted by Gasteiger charge is -2.36. The third kappa shape index (κ3) is 5.67. The number of carboxylic acids is 1. The quantitative estimate of drug-likeness (QED) is 0.134. The number of hydrogen-bond donors (Lipinski definition) is 1. The Balaban J connectivity index is 1.27. The number of carboxylic acid groups (broad SMARTS) is 1. The summed E-state index contributed by atoms with van der Waals surface area (Å²) in [6.45, 7) is 9.45. The number of aromatic nitrogens is 8. The molecule has 268 valence electrons. The van der Waals surface area contributed by atoms with Gasteiger partial charge in [-0.15, -0.1) is 5.10 Å². The van der Waals surface area contributed by atoms with Gasteiger partial charge in [-0.05, 0) is 76.7 Å². The first kappa shape index (κ1) is 34.4. The number of aromatic carboxylic acids is 1. The van der Waals surface area contributed by atoms with E-state index in [0.717, 1.165) is 68.2 Å². The van der Waals surface area contributed by atoms with Crippen molar-refractivity contribution in [2.45, 2.75) is 52.7 Å². The smallest absolute Gasteiger partial charge is 0.354 e. The van der Waals surface area contributed by atoms with E-state index in [4.69, 9.17) is 15.3 Å². The Hall–Kier alpha value is -6.68. The lowest BCUT2D eigenvalue weighted by molar-refractivity contribution is 0.0690. The summed E-state index contributed by atoms with van der Waals surface area (Å²) in [5.74, 6) is 0.449. The molecule has 0 aliphatic carbocycles. The van der Waals surface area contributed by atoms with Crippen LogP contribution in [0.2, 0.25) is 0 Å². The molecule has 0 aliphatic heterocycles. The van der Waals surface area contributed by atoms with Crippen molar-refractivity contribution in [1.82, 2.24) is 39.3 Å². The number of hydrogen-bond acceptors (Lipinski definition) is 6. The van der Waals surface area contributed by atoms with Crippen molar-refractivity contribution in [3.05, 3.63) is 172 Å². The average molecular weight is 713 g/mol. The van der Waals surface area contributed by atoms with Gasteiger partial charge in [-0.2, -0.15) is 0 Å². The minimum absolute atomic E-state index is 0.0144. The van der Waals surface area contributed by atoms with E-state index in [0.29, 0.717) is 24.4 Å². The number of carbonyl (C=O) groups is 1. The third-order valence-corrected chi connectivity index (χ3v) is 10.3. The Morgan fingerprint density at radius 3 is 1.87 bits per heavy atom. The molecular formula is C44H40N8O2. The molecule has 4 aromatic heterocycles. The molecule has 0 radical (unpaired) electrons. The van der Waals surface area contributed by atoms with Crippen molar-refractivity contribution < 1.29 is 9.90 Å². The molecule has 0 amide bonds. The van der Waals surface area contributed by atoms with Crippen LogP contribution in [0.5, 0.6) is 0 Å². The van der Waals surface area contributed by atoms with Gasteiger partial charge in [0.1, 0.15) is 16.9 Å². The van der Waals surface area contributed by atoms with E-state index in [1.807, 2.05) is 41.3 Å². The maximum absolute atomic E-state index is 11.9. The van der Waals surface area contributed by atoms with Crippen molar-refractivity contribution in [1.29, 1.82) is 0 Å². The third-order valence-electron chi connectivity index (χ3n) is 10.3. The Labute approximate surface area is 313 Å². The molecule has 0 unspecified atom stereocenters. The van der Waals surface area contributed by atoms with Gasteiger partial charge in [0.2, 0.25) is 0 Å². The number of imidazole rings is 1. The van der Waals surface area contributed by atoms with Crippen LogP contribution in [0.15, 0.2) is 127 Å². The summed E-state index contributed by atoms with van der Waals surface area (Å²) in [6, 6.07) is 43.5. The summed E-state index contributed by atoms with van der Waals surface area (Å²) >= 11 is 0. The van der Waals surface area contributed by atoms with E-state index < -0.39 is 11.5 Å². The Kier molecular flexibility index (Phi) is 8.95. The number of aryl methyl sites for hydroxylation is 3. The normalized spacial score (nSPS) is 11.7. The highest BCUT2D eigenvalue weighted by molar-refractivity contribution is 5.89. The minimum atomic E-state index is -1.06. The number of rotatable bonds is 11. The molecule has 0 saturated carbocycles. The van der Waals surface area contributed by atoms with Crippen LogP contribution in [0.1, 0.15) is 63.7 Å². The number of pyridine rings is 1. The van der Waals surface area contributed by atoms with Crippen molar-refractivity contribution in [2.75, 3.05) is 0 Å². The number of tetrazole rings is 1. The molecular weight excluding hydrogens is 673 g/mol. The van der Waals surface area contributed by atoms with Crippen molar-refractivity contribution in [3.8, 4) is 22.6 Å². The minimum Gasteiger partial charge on any atom is -0.477 e. The first-order chi connectivity index (χ1) is 26.3. The predicted octanol–water partition coefficient (Wildman–Crippen LogP) is 8.34. The highest BCUT2D eigenvalue weighted by atomic mass is 16.4. The second kappa shape index (κ2) is 14.0. The molecule has 10 nitrogen and oxygen atoms in total. The maximum Gasteiger partial charge on any atom is 0.354 e. The van der Waals surface area contributed by atoms with Gasteiger partial charge in [-0.1, -0.05) is 122 Å². The summed E-state index contributed by atoms with van der Waals surface area (Å²) in [5, 5.41) is 23.7. The van der Waals surface area contributed by atoms with E-state index in [1.54, 1.807) is 6.07 Å². The highest BCUT2D eigenvalue weighted by Gasteiger charge is 2.42. The van der Waals surface area contributed by atoms with Crippen LogP contribution in [-0.4, -0.2) is 50.4 Å². The summed E-state index contributed by atoms with van der Waals surface area (Å²) in [4.78, 5) is 21.2. The van der Waals surface area contributed by atoms with Gasteiger partial charge in [0, 0.05) is 24.2 Å². The lowest BCUT2D eigenvalue weighted by atomic mass is 9.77. The highest BCUT2D eigenvalue weighted by Crippen LogP contribution is 2.44. The molecule has 0 aliphatic rings. The molecule has 54 heavy (non-hydrogen) atoms. The summed E-state index contributed by atoms with van der Waals surface area (Å²) < 4.78 is 6.31. The number of benzene rings is 4. The van der Waals surface area contributed by atoms with Gasteiger partial charge in [0.05, 0.1) is 12.2 Å².